The van der Waals surface area contributed by atoms with Crippen LogP contribution in [0.25, 0.3) is 0 Å². The molecule has 1 aromatic carbocycles. The van der Waals surface area contributed by atoms with Gasteiger partial charge in [-0.2, -0.15) is 5.11 Å². The lowest BCUT2D eigenvalue weighted by Crippen LogP contribution is -2.13. The van der Waals surface area contributed by atoms with Gasteiger partial charge in [0.2, 0.25) is 0 Å². The third kappa shape index (κ3) is 3.69. The predicted molar refractivity (Wildman–Crippen MR) is 81.8 cm³/mol. The zero-order chi connectivity index (χ0) is 15.9. The van der Waals surface area contributed by atoms with E-state index in [2.05, 4.69) is 25.3 Å². The Labute approximate surface area is 127 Å². The molecule has 1 heterocycles. The lowest BCUT2D eigenvalue weighted by atomic mass is 10.3. The molecule has 0 aliphatic rings. The number of nitrogen functional groups attached to an aromatic ring is 1. The number of methoxy groups -OCH3 is 2. The van der Waals surface area contributed by atoms with Crippen molar-refractivity contribution in [3.8, 4) is 5.75 Å². The molecular formula is C14H15N5O3. The summed E-state index contributed by atoms with van der Waals surface area (Å²) in [6, 6.07) is 10.7. The highest BCUT2D eigenvalue weighted by Gasteiger charge is 2.13. The number of aromatic nitrogens is 1. The number of ether oxygens (including phenoxy) is 2. The van der Waals surface area contributed by atoms with Crippen LogP contribution in [0.15, 0.2) is 46.6 Å². The maximum atomic E-state index is 11.4. The first kappa shape index (κ1) is 15.2. The van der Waals surface area contributed by atoms with E-state index in [1.54, 1.807) is 12.1 Å². The zero-order valence-electron chi connectivity index (χ0n) is 12.1. The second-order valence-electron chi connectivity index (χ2n) is 4.10. The molecule has 1 amide bonds. The summed E-state index contributed by atoms with van der Waals surface area (Å²) >= 11 is 0. The molecule has 0 saturated heterocycles. The normalized spacial score (nSPS) is 10.5. The monoisotopic (exact) mass is 301 g/mol. The van der Waals surface area contributed by atoms with Crippen LogP contribution in [0.5, 0.6) is 5.75 Å². The molecule has 0 aliphatic heterocycles. The van der Waals surface area contributed by atoms with Crippen molar-refractivity contribution >= 4 is 29.1 Å². The van der Waals surface area contributed by atoms with Crippen LogP contribution >= 0.6 is 0 Å². The molecule has 0 aliphatic carbocycles. The van der Waals surface area contributed by atoms with Gasteiger partial charge in [-0.15, -0.1) is 5.11 Å². The third-order valence-electron chi connectivity index (χ3n) is 2.65. The second-order valence-corrected chi connectivity index (χ2v) is 4.10. The minimum absolute atomic E-state index is 0.118. The molecule has 0 unspecified atom stereocenters. The number of hydrogen-bond donors (Lipinski definition) is 2. The number of azo groups is 1. The maximum absolute atomic E-state index is 11.4. The summed E-state index contributed by atoms with van der Waals surface area (Å²) in [4.78, 5) is 15.4. The van der Waals surface area contributed by atoms with Gasteiger partial charge in [-0.1, -0.05) is 18.2 Å². The van der Waals surface area contributed by atoms with Crippen LogP contribution in [-0.2, 0) is 4.74 Å². The fourth-order valence-electron chi connectivity index (χ4n) is 1.58. The van der Waals surface area contributed by atoms with Gasteiger partial charge in [0, 0.05) is 6.07 Å². The largest absolute Gasteiger partial charge is 0.493 e. The van der Waals surface area contributed by atoms with E-state index in [0.717, 1.165) is 0 Å². The molecule has 2 rings (SSSR count). The van der Waals surface area contributed by atoms with E-state index in [0.29, 0.717) is 17.1 Å². The summed E-state index contributed by atoms with van der Waals surface area (Å²) in [6.45, 7) is 0. The van der Waals surface area contributed by atoms with Crippen LogP contribution < -0.4 is 15.8 Å². The molecule has 1 aromatic heterocycles. The number of nitrogens with two attached hydrogens (primary N) is 1. The smallest absolute Gasteiger partial charge is 0.412 e. The molecule has 2 aromatic rings. The highest BCUT2D eigenvalue weighted by Crippen LogP contribution is 2.32. The third-order valence-corrected chi connectivity index (χ3v) is 2.65. The van der Waals surface area contributed by atoms with Crippen molar-refractivity contribution in [2.75, 3.05) is 25.3 Å². The average molecular weight is 301 g/mol. The van der Waals surface area contributed by atoms with E-state index in [1.807, 2.05) is 18.2 Å². The van der Waals surface area contributed by atoms with Crippen LogP contribution in [-0.4, -0.2) is 25.3 Å². The van der Waals surface area contributed by atoms with Crippen molar-refractivity contribution in [2.24, 2.45) is 10.2 Å². The molecule has 0 radical (unpaired) electrons. The molecule has 0 fully saturated rings. The van der Waals surface area contributed by atoms with Gasteiger partial charge in [-0.3, -0.25) is 5.32 Å². The molecule has 8 nitrogen and oxygen atoms in total. The fraction of sp³-hybridized carbons (Fsp3) is 0.143. The van der Waals surface area contributed by atoms with Gasteiger partial charge in [0.15, 0.2) is 17.4 Å². The number of anilines is 2. The molecule has 8 heteroatoms. The van der Waals surface area contributed by atoms with Gasteiger partial charge < -0.3 is 15.2 Å². The van der Waals surface area contributed by atoms with E-state index < -0.39 is 6.09 Å². The van der Waals surface area contributed by atoms with Gasteiger partial charge in [0.05, 0.1) is 19.9 Å². The molecule has 0 bridgehead atoms. The number of benzene rings is 1. The Kier molecular flexibility index (Phi) is 4.86. The van der Waals surface area contributed by atoms with Gasteiger partial charge >= 0.3 is 6.09 Å². The summed E-state index contributed by atoms with van der Waals surface area (Å²) in [5.74, 6) is 0.579. The first-order chi connectivity index (χ1) is 10.6. The van der Waals surface area contributed by atoms with Crippen LogP contribution in [0.2, 0.25) is 0 Å². The summed E-state index contributed by atoms with van der Waals surface area (Å²) in [7, 11) is 2.70. The van der Waals surface area contributed by atoms with Gasteiger partial charge in [-0.25, -0.2) is 9.78 Å². The second kappa shape index (κ2) is 7.02. The summed E-state index contributed by atoms with van der Waals surface area (Å²) in [5.41, 5.74) is 6.67. The maximum Gasteiger partial charge on any atom is 0.412 e. The molecule has 0 atom stereocenters. The highest BCUT2D eigenvalue weighted by molar-refractivity contribution is 5.87. The van der Waals surface area contributed by atoms with Crippen molar-refractivity contribution in [1.82, 2.24) is 4.98 Å². The number of hydrogen-bond acceptors (Lipinski definition) is 7. The van der Waals surface area contributed by atoms with E-state index >= 15 is 0 Å². The van der Waals surface area contributed by atoms with Crippen molar-refractivity contribution in [3.63, 3.8) is 0 Å². The van der Waals surface area contributed by atoms with Gasteiger partial charge in [0.1, 0.15) is 5.69 Å². The minimum atomic E-state index is -0.687. The molecule has 22 heavy (non-hydrogen) atoms. The number of carbonyl (C=O) groups is 1. The van der Waals surface area contributed by atoms with Crippen molar-refractivity contribution < 1.29 is 14.3 Å². The van der Waals surface area contributed by atoms with Crippen LogP contribution in [0, 0.1) is 0 Å². The molecule has 114 valence electrons. The van der Waals surface area contributed by atoms with Gasteiger partial charge in [0.25, 0.3) is 0 Å². The molecule has 0 spiro atoms. The summed E-state index contributed by atoms with van der Waals surface area (Å²) in [5, 5.41) is 10.6. The minimum Gasteiger partial charge on any atom is -0.493 e. The van der Waals surface area contributed by atoms with Crippen molar-refractivity contribution in [1.29, 1.82) is 0 Å². The first-order valence-corrected chi connectivity index (χ1v) is 6.30. The van der Waals surface area contributed by atoms with Gasteiger partial charge in [-0.05, 0) is 12.1 Å². The van der Waals surface area contributed by atoms with E-state index in [1.165, 1.54) is 20.3 Å². The SMILES string of the molecule is COC(=O)Nc1nc(N)c(OC)cc1N=Nc1ccccc1. The Morgan fingerprint density at radius 1 is 1.23 bits per heavy atom. The highest BCUT2D eigenvalue weighted by atomic mass is 16.5. The van der Waals surface area contributed by atoms with Crippen molar-refractivity contribution in [2.45, 2.75) is 0 Å². The number of rotatable bonds is 4. The lowest BCUT2D eigenvalue weighted by molar-refractivity contribution is 0.187. The predicted octanol–water partition coefficient (Wildman–Crippen LogP) is 3.27. The van der Waals surface area contributed by atoms with E-state index in [9.17, 15) is 4.79 Å². The molecule has 3 N–H and O–H groups in total. The number of pyridine rings is 1. The molecular weight excluding hydrogens is 286 g/mol. The Hall–Kier alpha value is -3.16. The quantitative estimate of drug-likeness (QED) is 0.842. The van der Waals surface area contributed by atoms with Crippen LogP contribution in [0.4, 0.5) is 27.8 Å². The Bertz CT molecular complexity index is 688. The van der Waals surface area contributed by atoms with Crippen molar-refractivity contribution in [3.05, 3.63) is 36.4 Å². The molecule has 0 saturated carbocycles. The number of nitrogens with zero attached hydrogens (tertiary/aromatic N) is 3. The standard InChI is InChI=1S/C14H15N5O3/c1-21-11-8-10(19-18-9-6-4-3-5-7-9)13(16-12(11)15)17-14(20)22-2/h3-8H,1-2H3,(H3,15,16,17,20). The van der Waals surface area contributed by atoms with Crippen LogP contribution in [0.1, 0.15) is 0 Å². The fourth-order valence-corrected chi connectivity index (χ4v) is 1.58. The topological polar surface area (TPSA) is 111 Å². The summed E-state index contributed by atoms with van der Waals surface area (Å²) < 4.78 is 9.62. The number of amides is 1. The number of carbonyl (C=O) groups excluding carboxylic acids is 1. The average Bonchev–Trinajstić information content (AvgIpc) is 2.55. The van der Waals surface area contributed by atoms with Crippen LogP contribution in [0.3, 0.4) is 0 Å². The Morgan fingerprint density at radius 2 is 1.95 bits per heavy atom. The zero-order valence-corrected chi connectivity index (χ0v) is 12.1. The van der Waals surface area contributed by atoms with E-state index in [-0.39, 0.29) is 11.6 Å². The first-order valence-electron chi connectivity index (χ1n) is 6.30. The summed E-state index contributed by atoms with van der Waals surface area (Å²) in [6.07, 6.45) is -0.687. The number of nitrogens with one attached hydrogen (secondary N) is 1. The Balaban J connectivity index is 2.38. The lowest BCUT2D eigenvalue weighted by Gasteiger charge is -2.09. The Morgan fingerprint density at radius 3 is 2.59 bits per heavy atom. The van der Waals surface area contributed by atoms with E-state index in [4.69, 9.17) is 10.5 Å².